The maximum atomic E-state index is 14.0. The van der Waals surface area contributed by atoms with Gasteiger partial charge >= 0.3 is 0 Å². The normalized spacial score (nSPS) is 22.5. The highest BCUT2D eigenvalue weighted by atomic mass is 19.1. The number of hydrogen-bond donors (Lipinski definition) is 0. The molecule has 0 bridgehead atoms. The Kier molecular flexibility index (Phi) is 5.27. The summed E-state index contributed by atoms with van der Waals surface area (Å²) in [6.45, 7) is 3.59. The Balaban J connectivity index is 1.41. The molecule has 2 heterocycles. The van der Waals surface area contributed by atoms with Gasteiger partial charge < -0.3 is 4.90 Å². The first-order chi connectivity index (χ1) is 13.6. The van der Waals surface area contributed by atoms with E-state index in [0.29, 0.717) is 30.8 Å². The molecule has 1 amide bonds. The van der Waals surface area contributed by atoms with Crippen LogP contribution in [0.5, 0.6) is 0 Å². The number of carbonyl (C=O) groups is 2. The van der Waals surface area contributed by atoms with Crippen LogP contribution >= 0.6 is 0 Å². The van der Waals surface area contributed by atoms with Crippen molar-refractivity contribution in [1.29, 1.82) is 0 Å². The number of likely N-dealkylation sites (tertiary alicyclic amines) is 2. The Bertz CT molecular complexity index is 870. The molecule has 2 aromatic carbocycles. The van der Waals surface area contributed by atoms with Crippen LogP contribution in [0.1, 0.15) is 35.2 Å². The third-order valence-electron chi connectivity index (χ3n) is 6.05. The molecule has 0 N–H and O–H groups in total. The molecule has 2 aliphatic heterocycles. The van der Waals surface area contributed by atoms with Crippen LogP contribution in [-0.2, 0) is 11.3 Å². The number of piperidine rings is 1. The van der Waals surface area contributed by atoms with E-state index in [2.05, 4.69) is 4.90 Å². The molecule has 5 heteroatoms. The van der Waals surface area contributed by atoms with Crippen LogP contribution < -0.4 is 0 Å². The fraction of sp³-hybridized carbons (Fsp3) is 0.391. The molecule has 2 fully saturated rings. The molecule has 4 nitrogen and oxygen atoms in total. The molecule has 0 aromatic heterocycles. The summed E-state index contributed by atoms with van der Waals surface area (Å²) in [5.74, 6) is -1.01. The lowest BCUT2D eigenvalue weighted by Crippen LogP contribution is -2.45. The molecule has 0 aliphatic carbocycles. The van der Waals surface area contributed by atoms with Crippen molar-refractivity contribution >= 4 is 11.7 Å². The Morgan fingerprint density at radius 3 is 2.46 bits per heavy atom. The maximum Gasteiger partial charge on any atom is 0.294 e. The summed E-state index contributed by atoms with van der Waals surface area (Å²) in [7, 11) is 0. The lowest BCUT2D eigenvalue weighted by Gasteiger charge is -2.40. The minimum absolute atomic E-state index is 0.0101. The topological polar surface area (TPSA) is 40.6 Å². The van der Waals surface area contributed by atoms with Gasteiger partial charge in [-0.05, 0) is 31.9 Å². The molecule has 4 rings (SSSR count). The van der Waals surface area contributed by atoms with E-state index in [0.717, 1.165) is 32.4 Å². The Hall–Kier alpha value is -2.53. The van der Waals surface area contributed by atoms with Crippen LogP contribution in [-0.4, -0.2) is 47.7 Å². The first-order valence-electron chi connectivity index (χ1n) is 9.91. The van der Waals surface area contributed by atoms with E-state index < -0.39 is 11.7 Å². The van der Waals surface area contributed by atoms with Gasteiger partial charge in [-0.2, -0.15) is 0 Å². The van der Waals surface area contributed by atoms with E-state index in [4.69, 9.17) is 0 Å². The molecule has 1 spiro atoms. The maximum absolute atomic E-state index is 14.0. The molecule has 2 saturated heterocycles. The van der Waals surface area contributed by atoms with E-state index in [-0.39, 0.29) is 11.2 Å². The number of carbonyl (C=O) groups excluding carboxylic acids is 2. The predicted octanol–water partition coefficient (Wildman–Crippen LogP) is 3.52. The van der Waals surface area contributed by atoms with Crippen molar-refractivity contribution in [3.63, 3.8) is 0 Å². The second kappa shape index (κ2) is 7.84. The van der Waals surface area contributed by atoms with E-state index in [1.165, 1.54) is 6.07 Å². The second-order valence-electron chi connectivity index (χ2n) is 8.08. The number of hydrogen-bond acceptors (Lipinski definition) is 3. The summed E-state index contributed by atoms with van der Waals surface area (Å²) < 4.78 is 14.0. The standard InChI is InChI=1S/C23H25FN2O2/c24-20-10-5-4-9-19(20)15-25-13-6-11-23(16-25)12-14-26(17-23)22(28)21(27)18-7-2-1-3-8-18/h1-5,7-10H,6,11-17H2/t23-/m0/s1. The number of halogens is 1. The molecule has 2 aliphatic rings. The van der Waals surface area contributed by atoms with Gasteiger partial charge in [0.2, 0.25) is 5.78 Å². The van der Waals surface area contributed by atoms with E-state index in [9.17, 15) is 14.0 Å². The fourth-order valence-electron chi connectivity index (χ4n) is 4.61. The zero-order chi connectivity index (χ0) is 19.6. The van der Waals surface area contributed by atoms with Gasteiger partial charge in [0.15, 0.2) is 0 Å². The monoisotopic (exact) mass is 380 g/mol. The Morgan fingerprint density at radius 1 is 0.929 bits per heavy atom. The zero-order valence-corrected chi connectivity index (χ0v) is 15.9. The molecule has 2 aromatic rings. The summed E-state index contributed by atoms with van der Waals surface area (Å²) in [5.41, 5.74) is 1.17. The molecule has 1 atom stereocenters. The van der Waals surface area contributed by atoms with Crippen molar-refractivity contribution in [2.24, 2.45) is 5.41 Å². The lowest BCUT2D eigenvalue weighted by molar-refractivity contribution is -0.126. The van der Waals surface area contributed by atoms with Gasteiger partial charge in [0.25, 0.3) is 5.91 Å². The number of Topliss-reactive ketones (excluding diaryl/α,β-unsaturated/α-hetero) is 1. The molecule has 0 saturated carbocycles. The van der Waals surface area contributed by atoms with E-state index in [1.54, 1.807) is 35.2 Å². The van der Waals surface area contributed by atoms with Gasteiger partial charge in [-0.1, -0.05) is 48.5 Å². The first-order valence-corrected chi connectivity index (χ1v) is 9.91. The van der Waals surface area contributed by atoms with Gasteiger partial charge in [0.1, 0.15) is 5.82 Å². The predicted molar refractivity (Wildman–Crippen MR) is 105 cm³/mol. The third kappa shape index (κ3) is 3.85. The summed E-state index contributed by atoms with van der Waals surface area (Å²) in [6, 6.07) is 15.6. The van der Waals surface area contributed by atoms with Crippen molar-refractivity contribution < 1.29 is 14.0 Å². The highest BCUT2D eigenvalue weighted by Crippen LogP contribution is 2.39. The van der Waals surface area contributed by atoms with Crippen molar-refractivity contribution in [3.05, 3.63) is 71.5 Å². The molecule has 0 radical (unpaired) electrons. The average Bonchev–Trinajstić information content (AvgIpc) is 3.12. The smallest absolute Gasteiger partial charge is 0.294 e. The highest BCUT2D eigenvalue weighted by molar-refractivity contribution is 6.42. The fourth-order valence-corrected chi connectivity index (χ4v) is 4.61. The molecule has 0 unspecified atom stereocenters. The van der Waals surface area contributed by atoms with Gasteiger partial charge in [-0.25, -0.2) is 4.39 Å². The summed E-state index contributed by atoms with van der Waals surface area (Å²) in [5, 5.41) is 0. The van der Waals surface area contributed by atoms with Crippen molar-refractivity contribution in [2.75, 3.05) is 26.2 Å². The zero-order valence-electron chi connectivity index (χ0n) is 15.9. The minimum atomic E-state index is -0.434. The number of benzene rings is 2. The summed E-state index contributed by atoms with van der Waals surface area (Å²) >= 11 is 0. The van der Waals surface area contributed by atoms with E-state index in [1.807, 2.05) is 18.2 Å². The largest absolute Gasteiger partial charge is 0.335 e. The SMILES string of the molecule is O=C(C(=O)N1CC[C@]2(CCCN(Cc3ccccc3F)C2)C1)c1ccccc1. The van der Waals surface area contributed by atoms with Crippen LogP contribution in [0.2, 0.25) is 0 Å². The van der Waals surface area contributed by atoms with Crippen LogP contribution in [0.3, 0.4) is 0 Å². The lowest BCUT2D eigenvalue weighted by atomic mass is 9.79. The number of ketones is 1. The van der Waals surface area contributed by atoms with E-state index >= 15 is 0 Å². The van der Waals surface area contributed by atoms with Crippen LogP contribution in [0, 0.1) is 11.2 Å². The van der Waals surface area contributed by atoms with Crippen LogP contribution in [0.4, 0.5) is 4.39 Å². The quantitative estimate of drug-likeness (QED) is 0.602. The third-order valence-corrected chi connectivity index (χ3v) is 6.05. The van der Waals surface area contributed by atoms with Crippen LogP contribution in [0.15, 0.2) is 54.6 Å². The van der Waals surface area contributed by atoms with Gasteiger partial charge in [0.05, 0.1) is 0 Å². The number of amides is 1. The summed E-state index contributed by atoms with van der Waals surface area (Å²) in [4.78, 5) is 29.2. The first kappa shape index (κ1) is 18.8. The highest BCUT2D eigenvalue weighted by Gasteiger charge is 2.43. The number of nitrogens with zero attached hydrogens (tertiary/aromatic N) is 2. The van der Waals surface area contributed by atoms with Gasteiger partial charge in [0, 0.05) is 42.7 Å². The van der Waals surface area contributed by atoms with Gasteiger partial charge in [-0.3, -0.25) is 14.5 Å². The number of rotatable bonds is 4. The van der Waals surface area contributed by atoms with Crippen molar-refractivity contribution in [2.45, 2.75) is 25.8 Å². The molecule has 28 heavy (non-hydrogen) atoms. The van der Waals surface area contributed by atoms with Gasteiger partial charge in [-0.15, -0.1) is 0 Å². The Morgan fingerprint density at radius 2 is 1.68 bits per heavy atom. The van der Waals surface area contributed by atoms with Crippen molar-refractivity contribution in [3.8, 4) is 0 Å². The molecule has 146 valence electrons. The summed E-state index contributed by atoms with van der Waals surface area (Å²) in [6.07, 6.45) is 2.97. The second-order valence-corrected chi connectivity index (χ2v) is 8.08. The van der Waals surface area contributed by atoms with Crippen LogP contribution in [0.25, 0.3) is 0 Å². The average molecular weight is 380 g/mol. The Labute approximate surface area is 164 Å². The van der Waals surface area contributed by atoms with Crippen molar-refractivity contribution in [1.82, 2.24) is 9.80 Å². The molecular formula is C23H25FN2O2. The molecular weight excluding hydrogens is 355 g/mol. The minimum Gasteiger partial charge on any atom is -0.335 e.